The zero-order chi connectivity index (χ0) is 20.7. The number of fused-ring (bicyclic) bond motifs is 3. The molecule has 1 aromatic carbocycles. The quantitative estimate of drug-likeness (QED) is 0.599. The lowest BCUT2D eigenvalue weighted by Crippen LogP contribution is -2.49. The molecule has 7 heteroatoms. The molecule has 2 bridgehead atoms. The summed E-state index contributed by atoms with van der Waals surface area (Å²) in [6, 6.07) is 3.92. The Kier molecular flexibility index (Phi) is 5.62. The van der Waals surface area contributed by atoms with Crippen molar-refractivity contribution in [3.63, 3.8) is 0 Å². The van der Waals surface area contributed by atoms with Gasteiger partial charge < -0.3 is 4.90 Å². The van der Waals surface area contributed by atoms with Crippen molar-refractivity contribution in [1.29, 1.82) is 0 Å². The predicted octanol–water partition coefficient (Wildman–Crippen LogP) is 2.87. The smallest absolute Gasteiger partial charge is 0.274 e. The number of amides is 2. The maximum atomic E-state index is 14.6. The minimum Gasteiger partial charge on any atom is -0.337 e. The van der Waals surface area contributed by atoms with Gasteiger partial charge in [0.15, 0.2) is 0 Å². The van der Waals surface area contributed by atoms with Gasteiger partial charge >= 0.3 is 0 Å². The van der Waals surface area contributed by atoms with E-state index < -0.39 is 5.91 Å². The van der Waals surface area contributed by atoms with Gasteiger partial charge in [-0.25, -0.2) is 9.87 Å². The van der Waals surface area contributed by atoms with Crippen molar-refractivity contribution in [2.24, 2.45) is 5.92 Å². The number of hydrogen-bond donors (Lipinski definition) is 2. The van der Waals surface area contributed by atoms with Crippen molar-refractivity contribution in [3.8, 4) is 0 Å². The van der Waals surface area contributed by atoms with Gasteiger partial charge in [-0.1, -0.05) is 6.92 Å². The van der Waals surface area contributed by atoms with Crippen LogP contribution >= 0.6 is 0 Å². The maximum absolute atomic E-state index is 14.6. The summed E-state index contributed by atoms with van der Waals surface area (Å²) in [4.78, 5) is 28.2. The van der Waals surface area contributed by atoms with Crippen LogP contribution in [0.2, 0.25) is 0 Å². The zero-order valence-electron chi connectivity index (χ0n) is 17.2. The van der Waals surface area contributed by atoms with Crippen LogP contribution in [-0.4, -0.2) is 51.5 Å². The topological polar surface area (TPSA) is 72.9 Å². The summed E-state index contributed by atoms with van der Waals surface area (Å²) in [6.45, 7) is 5.36. The molecule has 0 saturated carbocycles. The SMILES string of the molecule is CC[C@H]1Cc2c(F)cc(C(=O)NO)cc2CN1CC1CC2CCC(C1)N2C(C)=O. The summed E-state index contributed by atoms with van der Waals surface area (Å²) in [7, 11) is 0. The van der Waals surface area contributed by atoms with Crippen molar-refractivity contribution >= 4 is 11.8 Å². The third-order valence-electron chi connectivity index (χ3n) is 7.14. The van der Waals surface area contributed by atoms with Gasteiger partial charge in [-0.3, -0.25) is 19.7 Å². The first-order valence-electron chi connectivity index (χ1n) is 10.7. The highest BCUT2D eigenvalue weighted by molar-refractivity contribution is 5.93. The highest BCUT2D eigenvalue weighted by Crippen LogP contribution is 2.40. The number of nitrogens with zero attached hydrogens (tertiary/aromatic N) is 2. The van der Waals surface area contributed by atoms with E-state index in [9.17, 15) is 14.0 Å². The number of hydroxylamine groups is 1. The Hall–Kier alpha value is -1.99. The van der Waals surface area contributed by atoms with E-state index in [4.69, 9.17) is 5.21 Å². The molecule has 0 aromatic heterocycles. The van der Waals surface area contributed by atoms with Crippen LogP contribution in [0.25, 0.3) is 0 Å². The first-order chi connectivity index (χ1) is 13.9. The predicted molar refractivity (Wildman–Crippen MR) is 106 cm³/mol. The molecule has 2 N–H and O–H groups in total. The Morgan fingerprint density at radius 1 is 1.24 bits per heavy atom. The maximum Gasteiger partial charge on any atom is 0.274 e. The van der Waals surface area contributed by atoms with Gasteiger partial charge in [0.25, 0.3) is 5.91 Å². The molecule has 6 nitrogen and oxygen atoms in total. The minimum absolute atomic E-state index is 0.145. The van der Waals surface area contributed by atoms with E-state index in [2.05, 4.69) is 16.7 Å². The molecule has 2 unspecified atom stereocenters. The van der Waals surface area contributed by atoms with E-state index >= 15 is 0 Å². The van der Waals surface area contributed by atoms with Gasteiger partial charge in [-0.15, -0.1) is 0 Å². The number of nitrogens with one attached hydrogen (secondary N) is 1. The van der Waals surface area contributed by atoms with E-state index in [1.165, 1.54) is 6.07 Å². The fourth-order valence-corrected chi connectivity index (χ4v) is 5.87. The second-order valence-corrected chi connectivity index (χ2v) is 8.88. The molecular weight excluding hydrogens is 373 g/mol. The monoisotopic (exact) mass is 403 g/mol. The molecule has 0 spiro atoms. The number of halogens is 1. The molecule has 2 amide bonds. The average Bonchev–Trinajstić information content (AvgIpc) is 2.98. The molecule has 158 valence electrons. The number of carbonyl (C=O) groups excluding carboxylic acids is 2. The normalized spacial score (nSPS) is 28.9. The number of piperidine rings is 1. The van der Waals surface area contributed by atoms with Crippen molar-refractivity contribution in [2.75, 3.05) is 6.54 Å². The van der Waals surface area contributed by atoms with Crippen LogP contribution in [-0.2, 0) is 17.8 Å². The van der Waals surface area contributed by atoms with E-state index in [1.54, 1.807) is 18.5 Å². The first-order valence-corrected chi connectivity index (χ1v) is 10.7. The highest BCUT2D eigenvalue weighted by Gasteiger charge is 2.43. The molecule has 29 heavy (non-hydrogen) atoms. The first kappa shape index (κ1) is 20.3. The Labute approximate surface area is 171 Å². The standard InChI is InChI=1S/C22H30FN3O3/c1-3-17-10-20-16(8-15(9-21(20)23)22(28)24-29)12-25(17)11-14-6-18-4-5-19(7-14)26(18)13(2)27/h8-9,14,17-19,29H,3-7,10-12H2,1-2H3,(H,24,28)/t14?,17-,18?,19?/m0/s1. The third kappa shape index (κ3) is 3.78. The van der Waals surface area contributed by atoms with Crippen LogP contribution in [0.5, 0.6) is 0 Å². The highest BCUT2D eigenvalue weighted by atomic mass is 19.1. The number of benzene rings is 1. The molecular formula is C22H30FN3O3. The van der Waals surface area contributed by atoms with Gasteiger partial charge in [0.1, 0.15) is 5.82 Å². The van der Waals surface area contributed by atoms with Crippen LogP contribution in [0.15, 0.2) is 12.1 Å². The number of rotatable bonds is 4. The van der Waals surface area contributed by atoms with Crippen molar-refractivity contribution in [3.05, 3.63) is 34.6 Å². The van der Waals surface area contributed by atoms with E-state index in [0.29, 0.717) is 36.5 Å². The fourth-order valence-electron chi connectivity index (χ4n) is 5.87. The van der Waals surface area contributed by atoms with E-state index in [0.717, 1.165) is 44.2 Å². The molecule has 0 aliphatic carbocycles. The van der Waals surface area contributed by atoms with Crippen molar-refractivity contribution < 1.29 is 19.2 Å². The fraction of sp³-hybridized carbons (Fsp3) is 0.636. The lowest BCUT2D eigenvalue weighted by Gasteiger charge is -2.43. The summed E-state index contributed by atoms with van der Waals surface area (Å²) >= 11 is 0. The van der Waals surface area contributed by atoms with Crippen LogP contribution in [0.4, 0.5) is 4.39 Å². The van der Waals surface area contributed by atoms with Crippen LogP contribution in [0.3, 0.4) is 0 Å². The Morgan fingerprint density at radius 2 is 1.93 bits per heavy atom. The van der Waals surface area contributed by atoms with Crippen molar-refractivity contribution in [1.82, 2.24) is 15.3 Å². The molecule has 2 fully saturated rings. The summed E-state index contributed by atoms with van der Waals surface area (Å²) in [5, 5.41) is 8.89. The summed E-state index contributed by atoms with van der Waals surface area (Å²) < 4.78 is 14.6. The number of hydrogen-bond acceptors (Lipinski definition) is 4. The van der Waals surface area contributed by atoms with Crippen LogP contribution < -0.4 is 5.48 Å². The third-order valence-corrected chi connectivity index (χ3v) is 7.14. The average molecular weight is 403 g/mol. The van der Waals surface area contributed by atoms with E-state index in [1.807, 2.05) is 0 Å². The molecule has 0 radical (unpaired) electrons. The molecule has 4 rings (SSSR count). The molecule has 3 heterocycles. The van der Waals surface area contributed by atoms with E-state index in [-0.39, 0.29) is 23.3 Å². The minimum atomic E-state index is -0.691. The van der Waals surface area contributed by atoms with Crippen LogP contribution in [0, 0.1) is 11.7 Å². The Morgan fingerprint density at radius 3 is 2.52 bits per heavy atom. The van der Waals surface area contributed by atoms with Crippen molar-refractivity contribution in [2.45, 2.75) is 77.0 Å². The lowest BCUT2D eigenvalue weighted by atomic mass is 9.86. The second kappa shape index (κ2) is 8.03. The molecule has 3 aliphatic rings. The van der Waals surface area contributed by atoms with Gasteiger partial charge in [0.05, 0.1) is 0 Å². The van der Waals surface area contributed by atoms with Gasteiger partial charge in [-0.2, -0.15) is 0 Å². The van der Waals surface area contributed by atoms with Gasteiger partial charge in [0.2, 0.25) is 5.91 Å². The summed E-state index contributed by atoms with van der Waals surface area (Å²) in [5.74, 6) is -0.331. The lowest BCUT2D eigenvalue weighted by molar-refractivity contribution is -0.134. The van der Waals surface area contributed by atoms with Crippen LogP contribution in [0.1, 0.15) is 67.4 Å². The summed E-state index contributed by atoms with van der Waals surface area (Å²) in [5.41, 5.74) is 3.26. The largest absolute Gasteiger partial charge is 0.337 e. The molecule has 3 atom stereocenters. The Bertz CT molecular complexity index is 801. The zero-order valence-corrected chi connectivity index (χ0v) is 17.2. The second-order valence-electron chi connectivity index (χ2n) is 8.88. The van der Waals surface area contributed by atoms with Gasteiger partial charge in [-0.05, 0) is 67.7 Å². The Balaban J connectivity index is 1.51. The van der Waals surface area contributed by atoms with Gasteiger partial charge in [0, 0.05) is 43.7 Å². The molecule has 3 aliphatic heterocycles. The molecule has 1 aromatic rings. The molecule has 2 saturated heterocycles. The number of carbonyl (C=O) groups is 2. The summed E-state index contributed by atoms with van der Waals surface area (Å²) in [6.07, 6.45) is 5.86.